The highest BCUT2D eigenvalue weighted by atomic mass is 79.9. The molecule has 1 fully saturated rings. The summed E-state index contributed by atoms with van der Waals surface area (Å²) in [5.41, 5.74) is -0.172. The van der Waals surface area contributed by atoms with Crippen LogP contribution in [0.5, 0.6) is 0 Å². The highest BCUT2D eigenvalue weighted by Crippen LogP contribution is 2.46. The molecular formula is C14H19BrO2. The van der Waals surface area contributed by atoms with Crippen LogP contribution in [0.2, 0.25) is 0 Å². The third kappa shape index (κ3) is 2.49. The van der Waals surface area contributed by atoms with E-state index in [-0.39, 0.29) is 11.2 Å². The Kier molecular flexibility index (Phi) is 3.76. The van der Waals surface area contributed by atoms with Crippen molar-refractivity contribution in [2.75, 3.05) is 0 Å². The minimum absolute atomic E-state index is 0.172. The number of hydrogen-bond donors (Lipinski definition) is 0. The Morgan fingerprint density at radius 3 is 2.59 bits per heavy atom. The Bertz CT molecular complexity index is 400. The number of carbonyl (C=O) groups excluding carboxylic acids is 1. The van der Waals surface area contributed by atoms with Gasteiger partial charge in [-0.2, -0.15) is 0 Å². The number of furan rings is 1. The Labute approximate surface area is 111 Å². The fourth-order valence-electron chi connectivity index (χ4n) is 3.05. The lowest BCUT2D eigenvalue weighted by Crippen LogP contribution is -2.29. The molecule has 94 valence electrons. The normalized spacial score (nSPS) is 18.8. The Hall–Kier alpha value is -0.570. The summed E-state index contributed by atoms with van der Waals surface area (Å²) in [7, 11) is 0. The maximum Gasteiger partial charge on any atom is 0.205 e. The summed E-state index contributed by atoms with van der Waals surface area (Å²) in [6.07, 6.45) is 6.90. The first-order valence-corrected chi connectivity index (χ1v) is 7.12. The van der Waals surface area contributed by atoms with E-state index in [1.807, 2.05) is 0 Å². The zero-order valence-corrected chi connectivity index (χ0v) is 12.0. The van der Waals surface area contributed by atoms with E-state index in [0.717, 1.165) is 36.6 Å². The summed E-state index contributed by atoms with van der Waals surface area (Å²) in [5, 5.41) is 0. The third-order valence-corrected chi connectivity index (χ3v) is 4.29. The van der Waals surface area contributed by atoms with Gasteiger partial charge in [0.2, 0.25) is 5.78 Å². The molecule has 1 aliphatic rings. The van der Waals surface area contributed by atoms with E-state index in [2.05, 4.69) is 29.8 Å². The quantitative estimate of drug-likeness (QED) is 0.745. The molecule has 0 atom stereocenters. The van der Waals surface area contributed by atoms with Gasteiger partial charge < -0.3 is 4.42 Å². The predicted octanol–water partition coefficient (Wildman–Crippen LogP) is 4.83. The van der Waals surface area contributed by atoms with Gasteiger partial charge in [0.15, 0.2) is 5.76 Å². The molecule has 2 nitrogen and oxygen atoms in total. The number of ketones is 1. The molecule has 2 rings (SSSR count). The molecule has 1 aromatic heterocycles. The third-order valence-electron chi connectivity index (χ3n) is 3.66. The Morgan fingerprint density at radius 2 is 2.12 bits per heavy atom. The molecule has 0 radical (unpaired) electrons. The van der Waals surface area contributed by atoms with Crippen LogP contribution in [0.3, 0.4) is 0 Å². The van der Waals surface area contributed by atoms with Crippen LogP contribution in [0, 0.1) is 11.3 Å². The van der Waals surface area contributed by atoms with Crippen molar-refractivity contribution in [1.82, 2.24) is 0 Å². The van der Waals surface area contributed by atoms with Gasteiger partial charge in [-0.15, -0.1) is 0 Å². The molecule has 0 saturated heterocycles. The van der Waals surface area contributed by atoms with E-state index in [1.165, 1.54) is 0 Å². The van der Waals surface area contributed by atoms with Gasteiger partial charge in [0, 0.05) is 5.41 Å². The number of rotatable bonds is 4. The summed E-state index contributed by atoms with van der Waals surface area (Å²) in [4.78, 5) is 12.7. The molecule has 1 aromatic rings. The van der Waals surface area contributed by atoms with Gasteiger partial charge in [-0.05, 0) is 47.2 Å². The van der Waals surface area contributed by atoms with Gasteiger partial charge >= 0.3 is 0 Å². The topological polar surface area (TPSA) is 30.2 Å². The van der Waals surface area contributed by atoms with Crippen molar-refractivity contribution in [2.45, 2.75) is 46.0 Å². The lowest BCUT2D eigenvalue weighted by molar-refractivity contribution is 0.0727. The van der Waals surface area contributed by atoms with Crippen LogP contribution in [-0.2, 0) is 0 Å². The van der Waals surface area contributed by atoms with Gasteiger partial charge in [-0.25, -0.2) is 0 Å². The molecule has 17 heavy (non-hydrogen) atoms. The van der Waals surface area contributed by atoms with Gasteiger partial charge in [0.25, 0.3) is 0 Å². The zero-order valence-electron chi connectivity index (χ0n) is 10.5. The maximum atomic E-state index is 12.7. The van der Waals surface area contributed by atoms with Gasteiger partial charge in [-0.1, -0.05) is 26.7 Å². The van der Waals surface area contributed by atoms with E-state index in [9.17, 15) is 4.79 Å². The first-order valence-electron chi connectivity index (χ1n) is 6.33. The average Bonchev–Trinajstić information content (AvgIpc) is 2.86. The summed E-state index contributed by atoms with van der Waals surface area (Å²) in [6.45, 7) is 4.37. The number of halogens is 1. The fourth-order valence-corrected chi connectivity index (χ4v) is 3.44. The molecule has 0 aromatic carbocycles. The van der Waals surface area contributed by atoms with Crippen LogP contribution in [0.25, 0.3) is 0 Å². The summed E-state index contributed by atoms with van der Waals surface area (Å²) in [6, 6.07) is 1.80. The van der Waals surface area contributed by atoms with Crippen molar-refractivity contribution >= 4 is 21.7 Å². The molecule has 0 aliphatic heterocycles. The first-order chi connectivity index (χ1) is 8.05. The lowest BCUT2D eigenvalue weighted by Gasteiger charge is -2.28. The monoisotopic (exact) mass is 298 g/mol. The van der Waals surface area contributed by atoms with Crippen LogP contribution in [0.1, 0.15) is 56.5 Å². The highest BCUT2D eigenvalue weighted by molar-refractivity contribution is 9.10. The summed E-state index contributed by atoms with van der Waals surface area (Å²) in [5.74, 6) is 1.25. The lowest BCUT2D eigenvalue weighted by atomic mass is 9.74. The standard InChI is InChI=1S/C14H19BrO2/c1-10(2)9-14(6-3-4-7-14)13(16)12-11(15)5-8-17-12/h5,8,10H,3-4,6-7,9H2,1-2H3. The molecule has 0 unspecified atom stereocenters. The van der Waals surface area contributed by atoms with E-state index < -0.39 is 0 Å². The molecule has 3 heteroatoms. The minimum atomic E-state index is -0.172. The number of Topliss-reactive ketones (excluding diaryl/α,β-unsaturated/α-hetero) is 1. The molecular weight excluding hydrogens is 280 g/mol. The maximum absolute atomic E-state index is 12.7. The zero-order chi connectivity index (χ0) is 12.5. The first kappa shape index (κ1) is 12.9. The molecule has 1 heterocycles. The van der Waals surface area contributed by atoms with Crippen molar-refractivity contribution < 1.29 is 9.21 Å². The largest absolute Gasteiger partial charge is 0.460 e. The molecule has 0 spiro atoms. The molecule has 1 aliphatic carbocycles. The second-order valence-electron chi connectivity index (χ2n) is 5.51. The summed E-state index contributed by atoms with van der Waals surface area (Å²) >= 11 is 3.39. The van der Waals surface area contributed by atoms with Gasteiger partial charge in [-0.3, -0.25) is 4.79 Å². The number of hydrogen-bond acceptors (Lipinski definition) is 2. The van der Waals surface area contributed by atoms with Gasteiger partial charge in [0.05, 0.1) is 10.7 Å². The fraction of sp³-hybridized carbons (Fsp3) is 0.643. The molecule has 0 N–H and O–H groups in total. The molecule has 0 amide bonds. The van der Waals surface area contributed by atoms with E-state index in [0.29, 0.717) is 11.7 Å². The van der Waals surface area contributed by atoms with Crippen molar-refractivity contribution in [2.24, 2.45) is 11.3 Å². The van der Waals surface area contributed by atoms with Crippen LogP contribution in [-0.4, -0.2) is 5.78 Å². The van der Waals surface area contributed by atoms with E-state index in [1.54, 1.807) is 12.3 Å². The smallest absolute Gasteiger partial charge is 0.205 e. The second kappa shape index (κ2) is 4.97. The SMILES string of the molecule is CC(C)CC1(C(=O)c2occc2Br)CCCC1. The van der Waals surface area contributed by atoms with Gasteiger partial charge in [0.1, 0.15) is 0 Å². The highest BCUT2D eigenvalue weighted by Gasteiger charge is 2.43. The van der Waals surface area contributed by atoms with E-state index in [4.69, 9.17) is 4.42 Å². The van der Waals surface area contributed by atoms with Crippen LogP contribution in [0.4, 0.5) is 0 Å². The minimum Gasteiger partial charge on any atom is -0.460 e. The van der Waals surface area contributed by atoms with E-state index >= 15 is 0 Å². The Morgan fingerprint density at radius 1 is 1.47 bits per heavy atom. The second-order valence-corrected chi connectivity index (χ2v) is 6.37. The van der Waals surface area contributed by atoms with Crippen molar-refractivity contribution in [3.05, 3.63) is 22.6 Å². The average molecular weight is 299 g/mol. The van der Waals surface area contributed by atoms with Crippen molar-refractivity contribution in [3.63, 3.8) is 0 Å². The molecule has 1 saturated carbocycles. The van der Waals surface area contributed by atoms with Crippen molar-refractivity contribution in [3.8, 4) is 0 Å². The predicted molar refractivity (Wildman–Crippen MR) is 71.1 cm³/mol. The van der Waals surface area contributed by atoms with Crippen LogP contribution >= 0.6 is 15.9 Å². The number of carbonyl (C=O) groups is 1. The molecule has 0 bridgehead atoms. The van der Waals surface area contributed by atoms with Crippen molar-refractivity contribution in [1.29, 1.82) is 0 Å². The van der Waals surface area contributed by atoms with Crippen LogP contribution < -0.4 is 0 Å². The summed E-state index contributed by atoms with van der Waals surface area (Å²) < 4.78 is 6.14. The Balaban J connectivity index is 2.28. The van der Waals surface area contributed by atoms with Crippen LogP contribution in [0.15, 0.2) is 21.2 Å².